The summed E-state index contributed by atoms with van der Waals surface area (Å²) in [6.07, 6.45) is 5.13. The molecule has 2 fully saturated rings. The van der Waals surface area contributed by atoms with E-state index in [1.54, 1.807) is 13.0 Å². The molecule has 1 aromatic carbocycles. The molecule has 0 unspecified atom stereocenters. The first-order valence-electron chi connectivity index (χ1n) is 9.38. The zero-order chi connectivity index (χ0) is 17.4. The molecule has 1 saturated heterocycles. The summed E-state index contributed by atoms with van der Waals surface area (Å²) in [4.78, 5) is 27.6. The Morgan fingerprint density at radius 2 is 1.96 bits per heavy atom. The fraction of sp³-hybridized carbons (Fsp3) is 0.600. The van der Waals surface area contributed by atoms with Crippen molar-refractivity contribution in [2.45, 2.75) is 50.7 Å². The van der Waals surface area contributed by atoms with Crippen LogP contribution in [0.1, 0.15) is 48.5 Å². The first-order chi connectivity index (χ1) is 12.0. The Kier molecular flexibility index (Phi) is 4.28. The number of hydrogen-bond donors (Lipinski definition) is 1. The monoisotopic (exact) mass is 342 g/mol. The normalized spacial score (nSPS) is 27.5. The first-order valence-corrected chi connectivity index (χ1v) is 9.38. The Bertz CT molecular complexity index is 677. The molecule has 3 aliphatic rings. The van der Waals surface area contributed by atoms with Gasteiger partial charge in [-0.15, -0.1) is 0 Å². The topological polar surface area (TPSA) is 58.6 Å². The number of rotatable bonds is 4. The highest BCUT2D eigenvalue weighted by Crippen LogP contribution is 2.31. The largest absolute Gasteiger partial charge is 0.445 e. The number of likely N-dealkylation sites (tertiary alicyclic amines) is 1. The van der Waals surface area contributed by atoms with Crippen LogP contribution in [0.15, 0.2) is 24.3 Å². The molecule has 1 aliphatic carbocycles. The smallest absolute Gasteiger partial charge is 0.339 e. The van der Waals surface area contributed by atoms with Crippen LogP contribution in [-0.4, -0.2) is 48.1 Å². The number of benzene rings is 1. The molecule has 25 heavy (non-hydrogen) atoms. The Morgan fingerprint density at radius 1 is 1.24 bits per heavy atom. The molecule has 4 rings (SSSR count). The number of amides is 1. The van der Waals surface area contributed by atoms with Gasteiger partial charge in [0, 0.05) is 32.1 Å². The number of nitrogens with one attached hydrogen (secondary N) is 1. The molecule has 5 nitrogen and oxygen atoms in total. The lowest BCUT2D eigenvalue weighted by atomic mass is 9.89. The van der Waals surface area contributed by atoms with Crippen LogP contribution in [0.25, 0.3) is 0 Å². The highest BCUT2D eigenvalue weighted by atomic mass is 16.6. The third kappa shape index (κ3) is 3.56. The van der Waals surface area contributed by atoms with Gasteiger partial charge >= 0.3 is 5.97 Å². The van der Waals surface area contributed by atoms with Crippen LogP contribution in [0.5, 0.6) is 0 Å². The van der Waals surface area contributed by atoms with E-state index in [0.29, 0.717) is 12.0 Å². The molecule has 0 aromatic heterocycles. The van der Waals surface area contributed by atoms with Gasteiger partial charge in [0.2, 0.25) is 0 Å². The second-order valence-corrected chi connectivity index (χ2v) is 7.95. The molecule has 2 heterocycles. The minimum absolute atomic E-state index is 0.170. The maximum atomic E-state index is 12.8. The molecule has 0 bridgehead atoms. The molecule has 0 spiro atoms. The third-order valence-electron chi connectivity index (χ3n) is 5.70. The van der Waals surface area contributed by atoms with Crippen molar-refractivity contribution in [3.63, 3.8) is 0 Å². The van der Waals surface area contributed by atoms with E-state index in [9.17, 15) is 9.59 Å². The van der Waals surface area contributed by atoms with Crippen LogP contribution in [0.3, 0.4) is 0 Å². The summed E-state index contributed by atoms with van der Waals surface area (Å²) in [5.41, 5.74) is 0.341. The van der Waals surface area contributed by atoms with Gasteiger partial charge in [-0.1, -0.05) is 18.2 Å². The average molecular weight is 342 g/mol. The summed E-state index contributed by atoms with van der Waals surface area (Å²) >= 11 is 0. The Morgan fingerprint density at radius 3 is 2.68 bits per heavy atom. The quantitative estimate of drug-likeness (QED) is 0.852. The zero-order valence-electron chi connectivity index (χ0n) is 14.8. The van der Waals surface area contributed by atoms with Crippen molar-refractivity contribution in [1.29, 1.82) is 0 Å². The second kappa shape index (κ2) is 6.45. The van der Waals surface area contributed by atoms with Crippen LogP contribution in [0, 0.1) is 5.92 Å². The molecule has 0 radical (unpaired) electrons. The molecule has 1 saturated carbocycles. The molecular formula is C20H26N2O3. The van der Waals surface area contributed by atoms with Gasteiger partial charge in [-0.05, 0) is 50.2 Å². The first kappa shape index (κ1) is 16.6. The molecule has 134 valence electrons. The maximum Gasteiger partial charge on any atom is 0.339 e. The van der Waals surface area contributed by atoms with E-state index in [-0.39, 0.29) is 11.9 Å². The summed E-state index contributed by atoms with van der Waals surface area (Å²) in [6.45, 7) is 5.02. The van der Waals surface area contributed by atoms with Gasteiger partial charge in [-0.3, -0.25) is 4.79 Å². The fourth-order valence-electron chi connectivity index (χ4n) is 3.92. The van der Waals surface area contributed by atoms with Crippen molar-refractivity contribution in [1.82, 2.24) is 10.2 Å². The van der Waals surface area contributed by atoms with E-state index in [4.69, 9.17) is 4.74 Å². The number of esters is 1. The highest BCUT2D eigenvalue weighted by molar-refractivity contribution is 5.97. The number of hydrogen-bond acceptors (Lipinski definition) is 4. The van der Waals surface area contributed by atoms with Gasteiger partial charge in [0.05, 0.1) is 5.56 Å². The molecule has 1 atom stereocenters. The van der Waals surface area contributed by atoms with E-state index in [0.717, 1.165) is 37.4 Å². The maximum absolute atomic E-state index is 12.8. The summed E-state index contributed by atoms with van der Waals surface area (Å²) in [6, 6.07) is 7.54. The Labute approximate surface area is 148 Å². The van der Waals surface area contributed by atoms with Gasteiger partial charge in [-0.25, -0.2) is 4.79 Å². The van der Waals surface area contributed by atoms with Crippen molar-refractivity contribution in [2.75, 3.05) is 19.6 Å². The van der Waals surface area contributed by atoms with Crippen molar-refractivity contribution < 1.29 is 14.3 Å². The number of cyclic esters (lactones) is 1. The number of ether oxygens (including phenoxy) is 1. The van der Waals surface area contributed by atoms with Crippen LogP contribution < -0.4 is 5.32 Å². The van der Waals surface area contributed by atoms with Crippen molar-refractivity contribution in [2.24, 2.45) is 5.92 Å². The summed E-state index contributed by atoms with van der Waals surface area (Å²) in [7, 11) is 0. The lowest BCUT2D eigenvalue weighted by Crippen LogP contribution is -2.55. The lowest BCUT2D eigenvalue weighted by molar-refractivity contribution is -0.140. The van der Waals surface area contributed by atoms with Crippen molar-refractivity contribution in [3.8, 4) is 0 Å². The summed E-state index contributed by atoms with van der Waals surface area (Å²) < 4.78 is 5.52. The van der Waals surface area contributed by atoms with Crippen LogP contribution in [0.2, 0.25) is 0 Å². The molecule has 2 aliphatic heterocycles. The number of carbonyl (C=O) groups excluding carboxylic acids is 2. The number of fused-ring (bicyclic) bond motifs is 1. The van der Waals surface area contributed by atoms with Gasteiger partial charge in [0.15, 0.2) is 5.60 Å². The molecular weight excluding hydrogens is 316 g/mol. The van der Waals surface area contributed by atoms with Gasteiger partial charge in [0.1, 0.15) is 0 Å². The van der Waals surface area contributed by atoms with Crippen molar-refractivity contribution >= 4 is 11.9 Å². The number of piperidine rings is 1. The predicted octanol–water partition coefficient (Wildman–Crippen LogP) is 2.15. The van der Waals surface area contributed by atoms with Gasteiger partial charge in [-0.2, -0.15) is 0 Å². The van der Waals surface area contributed by atoms with Crippen molar-refractivity contribution in [3.05, 3.63) is 35.4 Å². The minimum atomic E-state index is -1.11. The number of carbonyl (C=O) groups is 2. The zero-order valence-corrected chi connectivity index (χ0v) is 14.8. The van der Waals surface area contributed by atoms with E-state index >= 15 is 0 Å². The summed E-state index contributed by atoms with van der Waals surface area (Å²) in [5.74, 6) is 0.335. The van der Waals surface area contributed by atoms with Gasteiger partial charge in [0.25, 0.3) is 5.91 Å². The lowest BCUT2D eigenvalue weighted by Gasteiger charge is -2.37. The van der Waals surface area contributed by atoms with Crippen LogP contribution >= 0.6 is 0 Å². The average Bonchev–Trinajstić information content (AvgIpc) is 3.40. The second-order valence-electron chi connectivity index (χ2n) is 7.95. The van der Waals surface area contributed by atoms with Crippen LogP contribution in [0.4, 0.5) is 0 Å². The third-order valence-corrected chi connectivity index (χ3v) is 5.70. The fourth-order valence-corrected chi connectivity index (χ4v) is 3.92. The van der Waals surface area contributed by atoms with E-state index < -0.39 is 11.6 Å². The van der Waals surface area contributed by atoms with E-state index in [2.05, 4.69) is 10.2 Å². The molecule has 1 amide bonds. The minimum Gasteiger partial charge on any atom is -0.445 e. The van der Waals surface area contributed by atoms with Crippen LogP contribution in [-0.2, 0) is 16.0 Å². The number of nitrogens with zero attached hydrogens (tertiary/aromatic N) is 1. The summed E-state index contributed by atoms with van der Waals surface area (Å²) in [5, 5.41) is 3.13. The van der Waals surface area contributed by atoms with Gasteiger partial charge < -0.3 is 15.0 Å². The highest BCUT2D eigenvalue weighted by Gasteiger charge is 2.43. The Hall–Kier alpha value is -1.88. The van der Waals surface area contributed by atoms with E-state index in [1.165, 1.54) is 19.4 Å². The van der Waals surface area contributed by atoms with E-state index in [1.807, 2.05) is 18.2 Å². The molecule has 1 aromatic rings. The molecule has 1 N–H and O–H groups in total. The Balaban J connectivity index is 1.35. The SMILES string of the molecule is C[C@@]1(C(=O)NC2CCN(CC3CC3)CC2)Cc2ccccc2C(=O)O1. The molecule has 5 heteroatoms. The standard InChI is InChI=1S/C20H26N2O3/c1-20(12-15-4-2-3-5-17(15)18(23)25-20)19(24)21-16-8-10-22(11-9-16)13-14-6-7-14/h2-5,14,16H,6-13H2,1H3,(H,21,24)/t20-/m0/s1. The predicted molar refractivity (Wildman–Crippen MR) is 94.3 cm³/mol.